The first-order valence-corrected chi connectivity index (χ1v) is 9.88. The van der Waals surface area contributed by atoms with Crippen molar-refractivity contribution in [1.82, 2.24) is 4.48 Å². The summed E-state index contributed by atoms with van der Waals surface area (Å²) in [6.45, 7) is 7.39. The van der Waals surface area contributed by atoms with E-state index in [9.17, 15) is 9.11 Å². The third kappa shape index (κ3) is 7.59. The second kappa shape index (κ2) is 11.6. The molecule has 1 N–H and O–H groups in total. The minimum atomic E-state index is -1.24. The van der Waals surface area contributed by atoms with Crippen molar-refractivity contribution in [3.8, 4) is 0 Å². The Morgan fingerprint density at radius 1 is 1.13 bits per heavy atom. The molecule has 0 amide bonds. The summed E-state index contributed by atoms with van der Waals surface area (Å²) in [7, 11) is -1.24. The minimum Gasteiger partial charge on any atom is -0.481 e. The molecule has 0 spiro atoms. The molecule has 0 aliphatic carbocycles. The molecular weight excluding hydrogens is 376 g/mol. The van der Waals surface area contributed by atoms with E-state index in [-0.39, 0.29) is 6.42 Å². The number of hydrogen-bond donors (Lipinski definition) is 1. The number of carbonyl (C=O) groups is 1. The first-order valence-electron chi connectivity index (χ1n) is 9.88. The van der Waals surface area contributed by atoms with Gasteiger partial charge in [-0.15, -0.1) is 0 Å². The van der Waals surface area contributed by atoms with Gasteiger partial charge in [0.25, 0.3) is 0 Å². The van der Waals surface area contributed by atoms with Crippen LogP contribution in [0.15, 0.2) is 90.6 Å². The van der Waals surface area contributed by atoms with Gasteiger partial charge in [-0.3, -0.25) is 4.79 Å². The Balaban J connectivity index is 2.02. The van der Waals surface area contributed by atoms with Crippen LogP contribution in [0.1, 0.15) is 30.3 Å². The lowest BCUT2D eigenvalue weighted by Crippen LogP contribution is -2.19. The molecule has 2 aromatic rings. The molecule has 2 rings (SSSR count). The van der Waals surface area contributed by atoms with Crippen LogP contribution in [0, 0.1) is 0 Å². The van der Waals surface area contributed by atoms with E-state index in [1.54, 1.807) is 6.07 Å². The lowest BCUT2D eigenvalue weighted by atomic mass is 9.90. The highest BCUT2D eigenvalue weighted by atomic mass is 19.1. The summed E-state index contributed by atoms with van der Waals surface area (Å²) < 4.78 is 15.6. The quantitative estimate of drug-likeness (QED) is 0.378. The van der Waals surface area contributed by atoms with Crippen molar-refractivity contribution in [2.75, 3.05) is 0 Å². The van der Waals surface area contributed by atoms with E-state index in [1.165, 1.54) is 11.3 Å². The van der Waals surface area contributed by atoms with Gasteiger partial charge in [0.05, 0.1) is 6.42 Å². The van der Waals surface area contributed by atoms with Gasteiger partial charge in [0, 0.05) is 11.4 Å². The predicted molar refractivity (Wildman–Crippen MR) is 125 cm³/mol. The molecule has 0 saturated carbocycles. The Bertz CT molecular complexity index is 982. The van der Waals surface area contributed by atoms with Crippen LogP contribution in [0.5, 0.6) is 0 Å². The zero-order valence-electron chi connectivity index (χ0n) is 17.5. The number of benzene rings is 1. The monoisotopic (exact) mass is 403 g/mol. The lowest BCUT2D eigenvalue weighted by Gasteiger charge is -2.10. The number of carboxylic acids is 1. The third-order valence-corrected chi connectivity index (χ3v) is 4.43. The van der Waals surface area contributed by atoms with Crippen molar-refractivity contribution in [3.63, 3.8) is 0 Å². The summed E-state index contributed by atoms with van der Waals surface area (Å²) in [5.74, 6) is -0.893. The van der Waals surface area contributed by atoms with Gasteiger partial charge in [0.2, 0.25) is 0 Å². The highest BCUT2D eigenvalue weighted by Crippen LogP contribution is 2.17. The second-order valence-corrected chi connectivity index (χ2v) is 7.01. The number of nitrogens with zero attached hydrogens (tertiary/aromatic N) is 1. The fourth-order valence-electron chi connectivity index (χ4n) is 2.98. The van der Waals surface area contributed by atoms with Crippen molar-refractivity contribution in [2.24, 2.45) is 0 Å². The largest absolute Gasteiger partial charge is 0.481 e. The van der Waals surface area contributed by atoms with Gasteiger partial charge >= 0.3 is 13.1 Å². The number of halogens is 1. The van der Waals surface area contributed by atoms with Crippen LogP contribution in [0.4, 0.5) is 4.32 Å². The van der Waals surface area contributed by atoms with E-state index in [4.69, 9.17) is 5.11 Å². The maximum Gasteiger partial charge on any atom is 0.462 e. The van der Waals surface area contributed by atoms with Crippen molar-refractivity contribution < 1.29 is 14.2 Å². The smallest absolute Gasteiger partial charge is 0.462 e. The summed E-state index contributed by atoms with van der Waals surface area (Å²) >= 11 is 0. The van der Waals surface area contributed by atoms with Crippen LogP contribution in [-0.4, -0.2) is 22.7 Å². The molecule has 0 aliphatic heterocycles. The number of aryl methyl sites for hydroxylation is 1. The molecule has 0 radical (unpaired) electrons. The molecule has 5 heteroatoms. The van der Waals surface area contributed by atoms with Crippen LogP contribution in [0.2, 0.25) is 6.82 Å². The molecule has 0 unspecified atom stereocenters. The van der Waals surface area contributed by atoms with E-state index in [0.29, 0.717) is 17.8 Å². The summed E-state index contributed by atoms with van der Waals surface area (Å²) in [6.07, 6.45) is 13.8. The fraction of sp³-hybridized carbons (Fsp3) is 0.160. The molecular formula is C25H27BFNO2. The zero-order chi connectivity index (χ0) is 21.9. The van der Waals surface area contributed by atoms with Gasteiger partial charge in [0.15, 0.2) is 0 Å². The van der Waals surface area contributed by atoms with Crippen molar-refractivity contribution in [3.05, 3.63) is 108 Å². The molecule has 0 aliphatic rings. The molecule has 0 atom stereocenters. The summed E-state index contributed by atoms with van der Waals surface area (Å²) in [6, 6.07) is 13.6. The molecule has 0 bridgehead atoms. The van der Waals surface area contributed by atoms with Crippen LogP contribution in [-0.2, 0) is 11.2 Å². The number of carboxylic acid groups (broad SMARTS) is 1. The van der Waals surface area contributed by atoms with Gasteiger partial charge in [-0.25, -0.2) is 0 Å². The standard InChI is InChI=1S/C25H27BFNO2/c1-20(9-7-8-12-22-10-5-4-6-11-22)13-14-21(2)19-24-16-15-23(17-18-25(29)30)28(24)26(3)27/h4-16,19H,1,17-18H2,2-3H3,(H,29,30)/b9-7+,12-8+,14-13-,21-19+. The van der Waals surface area contributed by atoms with Crippen LogP contribution in [0.25, 0.3) is 12.2 Å². The number of allylic oxidation sites excluding steroid dienone is 7. The van der Waals surface area contributed by atoms with Crippen LogP contribution in [0.3, 0.4) is 0 Å². The van der Waals surface area contributed by atoms with Crippen molar-refractivity contribution >= 4 is 25.2 Å². The summed E-state index contributed by atoms with van der Waals surface area (Å²) in [5.41, 5.74) is 4.30. The average Bonchev–Trinajstić information content (AvgIpc) is 3.11. The van der Waals surface area contributed by atoms with Crippen molar-refractivity contribution in [1.29, 1.82) is 0 Å². The maximum absolute atomic E-state index is 14.1. The van der Waals surface area contributed by atoms with E-state index >= 15 is 0 Å². The van der Waals surface area contributed by atoms with Gasteiger partial charge in [-0.2, -0.15) is 0 Å². The molecule has 1 aromatic carbocycles. The number of hydrogen-bond acceptors (Lipinski definition) is 1. The van der Waals surface area contributed by atoms with Crippen LogP contribution >= 0.6 is 0 Å². The molecule has 30 heavy (non-hydrogen) atoms. The lowest BCUT2D eigenvalue weighted by molar-refractivity contribution is -0.136. The molecule has 0 saturated heterocycles. The Morgan fingerprint density at radius 3 is 2.53 bits per heavy atom. The number of aliphatic carboxylic acids is 1. The first kappa shape index (κ1) is 22.9. The minimum absolute atomic E-state index is 0.0242. The van der Waals surface area contributed by atoms with E-state index in [0.717, 1.165) is 16.7 Å². The van der Waals surface area contributed by atoms with Crippen molar-refractivity contribution in [2.45, 2.75) is 26.6 Å². The Hall–Kier alpha value is -3.34. The SMILES string of the molecule is C=C(/C=C\C(C)=C\c1ccc(CCC(=O)O)n1B(C)F)/C=C/C=C/c1ccccc1. The first-order chi connectivity index (χ1) is 14.4. The summed E-state index contributed by atoms with van der Waals surface area (Å²) in [5, 5.41) is 8.87. The Morgan fingerprint density at radius 2 is 1.87 bits per heavy atom. The van der Waals surface area contributed by atoms with E-state index in [2.05, 4.69) is 6.58 Å². The van der Waals surface area contributed by atoms with E-state index < -0.39 is 13.1 Å². The second-order valence-electron chi connectivity index (χ2n) is 7.01. The summed E-state index contributed by atoms with van der Waals surface area (Å²) in [4.78, 5) is 10.8. The molecule has 1 aromatic heterocycles. The zero-order valence-corrected chi connectivity index (χ0v) is 17.5. The van der Waals surface area contributed by atoms with Gasteiger partial charge in [0.1, 0.15) is 0 Å². The van der Waals surface area contributed by atoms with Gasteiger partial charge in [-0.05, 0) is 55.1 Å². The number of rotatable bonds is 10. The predicted octanol–water partition coefficient (Wildman–Crippen LogP) is 6.23. The molecule has 0 fully saturated rings. The topological polar surface area (TPSA) is 42.2 Å². The van der Waals surface area contributed by atoms with Gasteiger partial charge < -0.3 is 13.9 Å². The normalized spacial score (nSPS) is 12.3. The highest BCUT2D eigenvalue weighted by molar-refractivity contribution is 6.48. The van der Waals surface area contributed by atoms with Gasteiger partial charge in [-0.1, -0.05) is 73.4 Å². The molecule has 3 nitrogen and oxygen atoms in total. The maximum atomic E-state index is 14.1. The average molecular weight is 403 g/mol. The Kier molecular flexibility index (Phi) is 8.88. The van der Waals surface area contributed by atoms with Crippen LogP contribution < -0.4 is 0 Å². The van der Waals surface area contributed by atoms with E-state index in [1.807, 2.05) is 85.9 Å². The number of aromatic nitrogens is 1. The fourth-order valence-corrected chi connectivity index (χ4v) is 2.98. The molecule has 154 valence electrons. The molecule has 1 heterocycles. The Labute approximate surface area is 178 Å². The highest BCUT2D eigenvalue weighted by Gasteiger charge is 2.17. The third-order valence-electron chi connectivity index (χ3n) is 4.43.